The minimum Gasteiger partial charge on any atom is -0.488 e. The zero-order valence-corrected chi connectivity index (χ0v) is 23.7. The van der Waals surface area contributed by atoms with Crippen LogP contribution in [0.2, 0.25) is 0 Å². The zero-order valence-electron chi connectivity index (χ0n) is 22.7. The summed E-state index contributed by atoms with van der Waals surface area (Å²) < 4.78 is 6.62. The summed E-state index contributed by atoms with van der Waals surface area (Å²) in [7, 11) is 0.541. The Kier molecular flexibility index (Phi) is 9.19. The Balaban J connectivity index is 2.14. The van der Waals surface area contributed by atoms with Gasteiger partial charge in [-0.1, -0.05) is 122 Å². The fourth-order valence-corrected chi connectivity index (χ4v) is 6.30. The first-order valence-electron chi connectivity index (χ1n) is 12.9. The maximum atomic E-state index is 10.1. The van der Waals surface area contributed by atoms with Gasteiger partial charge in [0.25, 0.3) is 0 Å². The molecule has 0 radical (unpaired) electrons. The van der Waals surface area contributed by atoms with Crippen molar-refractivity contribution in [1.29, 1.82) is 0 Å². The maximum absolute atomic E-state index is 10.1. The number of ether oxygens (including phenoxy) is 1. The van der Waals surface area contributed by atoms with Crippen LogP contribution >= 0.6 is 8.58 Å². The van der Waals surface area contributed by atoms with Crippen LogP contribution < -0.4 is 10.0 Å². The Bertz CT molecular complexity index is 1110. The van der Waals surface area contributed by atoms with E-state index in [2.05, 4.69) is 103 Å². The van der Waals surface area contributed by atoms with Gasteiger partial charge in [-0.05, 0) is 53.2 Å². The van der Waals surface area contributed by atoms with Gasteiger partial charge in [-0.15, -0.1) is 0 Å². The summed E-state index contributed by atoms with van der Waals surface area (Å²) in [6.07, 6.45) is 3.38. The first-order chi connectivity index (χ1) is 16.6. The molecule has 0 aromatic heterocycles. The van der Waals surface area contributed by atoms with Crippen molar-refractivity contribution in [2.75, 3.05) is 0 Å². The van der Waals surface area contributed by atoms with Gasteiger partial charge in [0.2, 0.25) is 0 Å². The van der Waals surface area contributed by atoms with Crippen molar-refractivity contribution >= 4 is 13.9 Å². The molecule has 0 aliphatic rings. The molecule has 2 atom stereocenters. The molecule has 0 saturated carbocycles. The molecule has 188 valence electrons. The number of rotatable bonds is 10. The number of hydrogen-bond acceptors (Lipinski definition) is 2. The van der Waals surface area contributed by atoms with Crippen molar-refractivity contribution < 1.29 is 9.84 Å². The zero-order chi connectivity index (χ0) is 25.6. The maximum Gasteiger partial charge on any atom is 0.126 e. The molecule has 0 bridgehead atoms. The second kappa shape index (κ2) is 11.7. The summed E-state index contributed by atoms with van der Waals surface area (Å²) in [5, 5.41) is 11.3. The SMILES string of the molecule is CCCCC(C)(Pc1ccc(C)cc1CO)c1cc(C(C)(C)C)cc(C)c1OCc1ccccc1. The molecule has 2 nitrogen and oxygen atoms in total. The van der Waals surface area contributed by atoms with E-state index in [0.717, 1.165) is 30.6 Å². The van der Waals surface area contributed by atoms with Crippen LogP contribution in [0.25, 0.3) is 0 Å². The third-order valence-corrected chi connectivity index (χ3v) is 8.66. The molecular formula is C32H43O2P. The molecule has 0 aliphatic heterocycles. The first kappa shape index (κ1) is 27.4. The number of unbranched alkanes of at least 4 members (excludes halogenated alkanes) is 1. The van der Waals surface area contributed by atoms with Crippen LogP contribution in [0.4, 0.5) is 0 Å². The van der Waals surface area contributed by atoms with Crippen molar-refractivity contribution in [1.82, 2.24) is 0 Å². The summed E-state index contributed by atoms with van der Waals surface area (Å²) >= 11 is 0. The number of aliphatic hydroxyl groups excluding tert-OH is 1. The summed E-state index contributed by atoms with van der Waals surface area (Å²) in [5.41, 5.74) is 7.30. The summed E-state index contributed by atoms with van der Waals surface area (Å²) in [6.45, 7) is 16.4. The summed E-state index contributed by atoms with van der Waals surface area (Å²) in [5.74, 6) is 1.02. The van der Waals surface area contributed by atoms with E-state index >= 15 is 0 Å². The Morgan fingerprint density at radius 3 is 2.26 bits per heavy atom. The van der Waals surface area contributed by atoms with E-state index in [1.54, 1.807) is 0 Å². The molecule has 35 heavy (non-hydrogen) atoms. The smallest absolute Gasteiger partial charge is 0.126 e. The predicted molar refractivity (Wildman–Crippen MR) is 153 cm³/mol. The van der Waals surface area contributed by atoms with Gasteiger partial charge in [0.05, 0.1) is 6.61 Å². The van der Waals surface area contributed by atoms with Crippen LogP contribution in [-0.4, -0.2) is 5.11 Å². The number of aryl methyl sites for hydroxylation is 2. The lowest BCUT2D eigenvalue weighted by Gasteiger charge is -2.35. The third-order valence-electron chi connectivity index (χ3n) is 6.83. The van der Waals surface area contributed by atoms with Crippen LogP contribution in [0.1, 0.15) is 87.3 Å². The molecule has 0 heterocycles. The summed E-state index contributed by atoms with van der Waals surface area (Å²) in [6, 6.07) is 21.6. The van der Waals surface area contributed by atoms with Gasteiger partial charge in [-0.3, -0.25) is 0 Å². The molecule has 0 aliphatic carbocycles. The molecular weight excluding hydrogens is 447 g/mol. The highest BCUT2D eigenvalue weighted by molar-refractivity contribution is 7.48. The van der Waals surface area contributed by atoms with E-state index < -0.39 is 0 Å². The Hall–Kier alpha value is -2.15. The van der Waals surface area contributed by atoms with Crippen LogP contribution in [0.15, 0.2) is 60.7 Å². The fourth-order valence-electron chi connectivity index (χ4n) is 4.61. The van der Waals surface area contributed by atoms with E-state index in [0.29, 0.717) is 15.2 Å². The van der Waals surface area contributed by atoms with E-state index in [4.69, 9.17) is 4.74 Å². The average molecular weight is 491 g/mol. The minimum absolute atomic E-state index is 0.0480. The molecule has 3 heteroatoms. The van der Waals surface area contributed by atoms with Crippen molar-refractivity contribution in [2.24, 2.45) is 0 Å². The Morgan fingerprint density at radius 2 is 1.63 bits per heavy atom. The highest BCUT2D eigenvalue weighted by Crippen LogP contribution is 2.50. The first-order valence-corrected chi connectivity index (χ1v) is 13.9. The standard InChI is InChI=1S/C32H43O2P/c1-8-9-17-32(7,35-29-16-15-23(2)18-26(29)21-33)28-20-27(31(4,5)6)19-24(3)30(28)34-22-25-13-11-10-12-14-25/h10-16,18-20,33,35H,8-9,17,21-22H2,1-7H3. The quantitative estimate of drug-likeness (QED) is 0.291. The van der Waals surface area contributed by atoms with Gasteiger partial charge in [0, 0.05) is 10.7 Å². The van der Waals surface area contributed by atoms with Crippen LogP contribution in [0.3, 0.4) is 0 Å². The van der Waals surface area contributed by atoms with Gasteiger partial charge >= 0.3 is 0 Å². The monoisotopic (exact) mass is 490 g/mol. The van der Waals surface area contributed by atoms with Crippen molar-refractivity contribution in [3.63, 3.8) is 0 Å². The largest absolute Gasteiger partial charge is 0.488 e. The lowest BCUT2D eigenvalue weighted by atomic mass is 9.82. The lowest BCUT2D eigenvalue weighted by molar-refractivity contribution is 0.283. The van der Waals surface area contributed by atoms with Crippen molar-refractivity contribution in [2.45, 2.75) is 91.5 Å². The van der Waals surface area contributed by atoms with Gasteiger partial charge < -0.3 is 9.84 Å². The van der Waals surface area contributed by atoms with Crippen molar-refractivity contribution in [3.05, 3.63) is 94.0 Å². The van der Waals surface area contributed by atoms with Gasteiger partial charge in [-0.2, -0.15) is 0 Å². The normalized spacial score (nSPS) is 13.8. The summed E-state index contributed by atoms with van der Waals surface area (Å²) in [4.78, 5) is 0. The topological polar surface area (TPSA) is 29.5 Å². The fraction of sp³-hybridized carbons (Fsp3) is 0.438. The molecule has 1 N–H and O–H groups in total. The molecule has 0 amide bonds. The van der Waals surface area contributed by atoms with Crippen LogP contribution in [-0.2, 0) is 23.8 Å². The van der Waals surface area contributed by atoms with E-state index in [1.807, 2.05) is 6.07 Å². The van der Waals surface area contributed by atoms with Gasteiger partial charge in [0.1, 0.15) is 12.4 Å². The second-order valence-corrected chi connectivity index (χ2v) is 13.0. The number of aliphatic hydroxyl groups is 1. The molecule has 3 rings (SSSR count). The van der Waals surface area contributed by atoms with E-state index in [1.165, 1.54) is 33.1 Å². The van der Waals surface area contributed by atoms with Crippen molar-refractivity contribution in [3.8, 4) is 5.75 Å². The minimum atomic E-state index is -0.0901. The molecule has 2 unspecified atom stereocenters. The third kappa shape index (κ3) is 6.96. The average Bonchev–Trinajstić information content (AvgIpc) is 2.82. The molecule has 3 aromatic carbocycles. The predicted octanol–water partition coefficient (Wildman–Crippen LogP) is 8.08. The van der Waals surface area contributed by atoms with E-state index in [-0.39, 0.29) is 17.2 Å². The van der Waals surface area contributed by atoms with Gasteiger partial charge in [-0.25, -0.2) is 0 Å². The molecule has 0 spiro atoms. The Labute approximate surface area is 214 Å². The van der Waals surface area contributed by atoms with E-state index in [9.17, 15) is 5.11 Å². The van der Waals surface area contributed by atoms with Crippen LogP contribution in [0.5, 0.6) is 5.75 Å². The molecule has 0 saturated heterocycles. The highest BCUT2D eigenvalue weighted by atomic mass is 31.1. The number of benzene rings is 3. The number of hydrogen-bond donors (Lipinski definition) is 1. The second-order valence-electron chi connectivity index (χ2n) is 11.1. The highest BCUT2D eigenvalue weighted by Gasteiger charge is 2.33. The van der Waals surface area contributed by atoms with Gasteiger partial charge in [0.15, 0.2) is 0 Å². The van der Waals surface area contributed by atoms with Crippen LogP contribution in [0, 0.1) is 13.8 Å². The molecule has 0 fully saturated rings. The lowest BCUT2D eigenvalue weighted by Crippen LogP contribution is -2.24. The Morgan fingerprint density at radius 1 is 0.914 bits per heavy atom. The molecule has 3 aromatic rings.